The van der Waals surface area contributed by atoms with Crippen molar-refractivity contribution in [3.8, 4) is 5.69 Å². The van der Waals surface area contributed by atoms with Crippen LogP contribution in [0.3, 0.4) is 0 Å². The SMILES string of the molecule is Cc1nc(C(=O)N(C)CC(C)(C)CN)nn1-c1c(Cl)cccc1Cl.Cl. The molecule has 0 aliphatic carbocycles. The molecule has 0 atom stereocenters. The Kier molecular flexibility index (Phi) is 7.26. The summed E-state index contributed by atoms with van der Waals surface area (Å²) >= 11 is 12.4. The first-order valence-electron chi connectivity index (χ1n) is 7.50. The second-order valence-corrected chi connectivity index (χ2v) is 7.31. The lowest BCUT2D eigenvalue weighted by Gasteiger charge is -2.28. The van der Waals surface area contributed by atoms with Crippen LogP contribution in [0.4, 0.5) is 0 Å². The highest BCUT2D eigenvalue weighted by Gasteiger charge is 2.25. The Bertz CT molecular complexity index is 740. The first-order valence-corrected chi connectivity index (χ1v) is 8.25. The van der Waals surface area contributed by atoms with Crippen molar-refractivity contribution in [2.45, 2.75) is 20.8 Å². The fourth-order valence-electron chi connectivity index (χ4n) is 2.33. The van der Waals surface area contributed by atoms with Gasteiger partial charge in [-0.05, 0) is 31.0 Å². The highest BCUT2D eigenvalue weighted by atomic mass is 35.5. The summed E-state index contributed by atoms with van der Waals surface area (Å²) in [6, 6.07) is 5.16. The normalized spacial score (nSPS) is 11.2. The van der Waals surface area contributed by atoms with Crippen LogP contribution in [-0.2, 0) is 0 Å². The zero-order chi connectivity index (χ0) is 18.1. The number of hydrogen-bond donors (Lipinski definition) is 1. The minimum absolute atomic E-state index is 0. The predicted octanol–water partition coefficient (Wildman–Crippen LogP) is 3.36. The molecule has 138 valence electrons. The average molecular weight is 407 g/mol. The minimum atomic E-state index is -0.276. The number of amides is 1. The fourth-order valence-corrected chi connectivity index (χ4v) is 2.89. The number of aromatic nitrogens is 3. The molecule has 0 unspecified atom stereocenters. The molecule has 0 bridgehead atoms. The zero-order valence-corrected chi connectivity index (χ0v) is 16.9. The van der Waals surface area contributed by atoms with Crippen LogP contribution in [0.1, 0.15) is 30.3 Å². The van der Waals surface area contributed by atoms with E-state index >= 15 is 0 Å². The first-order chi connectivity index (χ1) is 11.2. The number of aryl methyl sites for hydroxylation is 1. The molecule has 1 aromatic carbocycles. The van der Waals surface area contributed by atoms with E-state index in [1.807, 2.05) is 13.8 Å². The van der Waals surface area contributed by atoms with Crippen LogP contribution in [-0.4, -0.2) is 45.7 Å². The van der Waals surface area contributed by atoms with Gasteiger partial charge in [-0.1, -0.05) is 43.1 Å². The number of nitrogens with zero attached hydrogens (tertiary/aromatic N) is 4. The van der Waals surface area contributed by atoms with Crippen molar-refractivity contribution in [2.24, 2.45) is 11.1 Å². The molecule has 25 heavy (non-hydrogen) atoms. The summed E-state index contributed by atoms with van der Waals surface area (Å²) < 4.78 is 1.49. The van der Waals surface area contributed by atoms with Crippen LogP contribution in [0, 0.1) is 12.3 Å². The van der Waals surface area contributed by atoms with Gasteiger partial charge in [0.25, 0.3) is 5.91 Å². The molecule has 0 aliphatic rings. The highest BCUT2D eigenvalue weighted by Crippen LogP contribution is 2.28. The summed E-state index contributed by atoms with van der Waals surface area (Å²) in [5.41, 5.74) is 6.05. The number of rotatable bonds is 5. The smallest absolute Gasteiger partial charge is 0.293 e. The Morgan fingerprint density at radius 3 is 2.40 bits per heavy atom. The van der Waals surface area contributed by atoms with Gasteiger partial charge < -0.3 is 10.6 Å². The number of benzene rings is 1. The number of carbonyl (C=O) groups excluding carboxylic acids is 1. The van der Waals surface area contributed by atoms with Crippen LogP contribution in [0.5, 0.6) is 0 Å². The topological polar surface area (TPSA) is 77.0 Å². The summed E-state index contributed by atoms with van der Waals surface area (Å²) in [5, 5.41) is 5.17. The molecule has 1 amide bonds. The number of halogens is 3. The summed E-state index contributed by atoms with van der Waals surface area (Å²) in [6.45, 7) is 6.71. The van der Waals surface area contributed by atoms with E-state index in [-0.39, 0.29) is 29.6 Å². The van der Waals surface area contributed by atoms with Gasteiger partial charge in [-0.2, -0.15) is 0 Å². The molecule has 2 rings (SSSR count). The van der Waals surface area contributed by atoms with Gasteiger partial charge in [0.05, 0.1) is 10.0 Å². The summed E-state index contributed by atoms with van der Waals surface area (Å²) in [5.74, 6) is 0.347. The quantitative estimate of drug-likeness (QED) is 0.826. The molecule has 2 N–H and O–H groups in total. The van der Waals surface area contributed by atoms with Gasteiger partial charge >= 0.3 is 0 Å². The lowest BCUT2D eigenvalue weighted by atomic mass is 9.93. The lowest BCUT2D eigenvalue weighted by molar-refractivity contribution is 0.0728. The van der Waals surface area contributed by atoms with Crippen molar-refractivity contribution >= 4 is 41.5 Å². The molecule has 0 spiro atoms. The maximum atomic E-state index is 12.6. The van der Waals surface area contributed by atoms with E-state index in [2.05, 4.69) is 10.1 Å². The first kappa shape index (κ1) is 21.7. The van der Waals surface area contributed by atoms with Crippen LogP contribution >= 0.6 is 35.6 Å². The number of carbonyl (C=O) groups is 1. The second-order valence-electron chi connectivity index (χ2n) is 6.49. The molecular formula is C16H22Cl3N5O. The molecule has 9 heteroatoms. The third-order valence-electron chi connectivity index (χ3n) is 3.67. The summed E-state index contributed by atoms with van der Waals surface area (Å²) in [6.07, 6.45) is 0. The highest BCUT2D eigenvalue weighted by molar-refractivity contribution is 6.37. The van der Waals surface area contributed by atoms with Gasteiger partial charge in [-0.15, -0.1) is 17.5 Å². The van der Waals surface area contributed by atoms with Gasteiger partial charge in [0.1, 0.15) is 11.5 Å². The maximum absolute atomic E-state index is 12.6. The fraction of sp³-hybridized carbons (Fsp3) is 0.438. The maximum Gasteiger partial charge on any atom is 0.293 e. The van der Waals surface area contributed by atoms with E-state index in [0.717, 1.165) is 0 Å². The summed E-state index contributed by atoms with van der Waals surface area (Å²) in [7, 11) is 1.71. The van der Waals surface area contributed by atoms with Crippen LogP contribution < -0.4 is 5.73 Å². The van der Waals surface area contributed by atoms with Gasteiger partial charge in [-0.3, -0.25) is 4.79 Å². The van der Waals surface area contributed by atoms with Crippen molar-refractivity contribution in [1.82, 2.24) is 19.7 Å². The van der Waals surface area contributed by atoms with Crippen LogP contribution in [0.15, 0.2) is 18.2 Å². The average Bonchev–Trinajstić information content (AvgIpc) is 2.88. The molecule has 1 heterocycles. The standard InChI is InChI=1S/C16H21Cl2N5O.ClH/c1-10-20-14(15(24)22(4)9-16(2,3)8-19)21-23(10)13-11(17)6-5-7-12(13)18;/h5-7H,8-9,19H2,1-4H3;1H. The molecule has 0 radical (unpaired) electrons. The van der Waals surface area contributed by atoms with E-state index in [1.54, 1.807) is 37.1 Å². The Balaban J connectivity index is 0.00000312. The second kappa shape index (κ2) is 8.36. The molecule has 0 saturated carbocycles. The largest absolute Gasteiger partial charge is 0.338 e. The lowest BCUT2D eigenvalue weighted by Crippen LogP contribution is -2.40. The Morgan fingerprint density at radius 2 is 1.88 bits per heavy atom. The predicted molar refractivity (Wildman–Crippen MR) is 103 cm³/mol. The third-order valence-corrected chi connectivity index (χ3v) is 4.28. The molecule has 2 aromatic rings. The van der Waals surface area contributed by atoms with Crippen molar-refractivity contribution < 1.29 is 4.79 Å². The third kappa shape index (κ3) is 4.85. The zero-order valence-electron chi connectivity index (χ0n) is 14.6. The Labute approximate surface area is 163 Å². The van der Waals surface area contributed by atoms with Gasteiger partial charge in [0.15, 0.2) is 0 Å². The summed E-state index contributed by atoms with van der Waals surface area (Å²) in [4.78, 5) is 18.4. The van der Waals surface area contributed by atoms with Crippen molar-refractivity contribution in [2.75, 3.05) is 20.1 Å². The van der Waals surface area contributed by atoms with E-state index in [0.29, 0.717) is 34.6 Å². The number of para-hydroxylation sites is 1. The monoisotopic (exact) mass is 405 g/mol. The molecule has 6 nitrogen and oxygen atoms in total. The van der Waals surface area contributed by atoms with Crippen molar-refractivity contribution in [3.63, 3.8) is 0 Å². The van der Waals surface area contributed by atoms with E-state index in [9.17, 15) is 4.79 Å². The van der Waals surface area contributed by atoms with Crippen molar-refractivity contribution in [3.05, 3.63) is 39.9 Å². The van der Waals surface area contributed by atoms with Crippen molar-refractivity contribution in [1.29, 1.82) is 0 Å². The molecule has 0 saturated heterocycles. The minimum Gasteiger partial charge on any atom is -0.338 e. The molecule has 0 fully saturated rings. The van der Waals surface area contributed by atoms with Gasteiger partial charge in [0.2, 0.25) is 5.82 Å². The van der Waals surface area contributed by atoms with E-state index < -0.39 is 0 Å². The van der Waals surface area contributed by atoms with Crippen LogP contribution in [0.2, 0.25) is 10.0 Å². The number of hydrogen-bond acceptors (Lipinski definition) is 4. The Morgan fingerprint density at radius 1 is 1.32 bits per heavy atom. The Hall–Kier alpha value is -1.34. The molecule has 0 aliphatic heterocycles. The molecule has 1 aromatic heterocycles. The van der Waals surface area contributed by atoms with E-state index in [4.69, 9.17) is 28.9 Å². The van der Waals surface area contributed by atoms with Crippen LogP contribution in [0.25, 0.3) is 5.69 Å². The number of nitrogens with two attached hydrogens (primary N) is 1. The van der Waals surface area contributed by atoms with Gasteiger partial charge in [-0.25, -0.2) is 9.67 Å². The molecular weight excluding hydrogens is 385 g/mol. The van der Waals surface area contributed by atoms with Gasteiger partial charge in [0, 0.05) is 13.6 Å². The van der Waals surface area contributed by atoms with E-state index in [1.165, 1.54) is 4.68 Å².